The first-order valence-corrected chi connectivity index (χ1v) is 7.94. The van der Waals surface area contributed by atoms with Crippen LogP contribution in [0, 0.1) is 10.1 Å². The first kappa shape index (κ1) is 29.4. The third-order valence-corrected chi connectivity index (χ3v) is 4.05. The van der Waals surface area contributed by atoms with E-state index in [1.165, 1.54) is 0 Å². The van der Waals surface area contributed by atoms with E-state index in [4.69, 9.17) is 0 Å². The number of amides is 1. The van der Waals surface area contributed by atoms with E-state index in [1.54, 1.807) is 0 Å². The van der Waals surface area contributed by atoms with Crippen LogP contribution < -0.4 is 5.32 Å². The van der Waals surface area contributed by atoms with Crippen LogP contribution in [0.4, 0.5) is 73.0 Å². The molecule has 0 aliphatic heterocycles. The fraction of sp³-hybridized carbons (Fsp3) is 0.538. The van der Waals surface area contributed by atoms with E-state index >= 15 is 0 Å². The second-order valence-corrected chi connectivity index (χ2v) is 6.53. The Balaban J connectivity index is 3.44. The van der Waals surface area contributed by atoms with Crippen molar-refractivity contribution in [2.45, 2.75) is 40.9 Å². The summed E-state index contributed by atoms with van der Waals surface area (Å²) >= 11 is 3.45. The second kappa shape index (κ2) is 8.22. The summed E-state index contributed by atoms with van der Waals surface area (Å²) < 4.78 is 186. The van der Waals surface area contributed by atoms with Gasteiger partial charge in [-0.25, -0.2) is 4.98 Å². The molecule has 1 N–H and O–H groups in total. The Morgan fingerprint density at radius 3 is 1.56 bits per heavy atom. The summed E-state index contributed by atoms with van der Waals surface area (Å²) in [5, 5.41) is 4.22. The number of anilines is 1. The van der Waals surface area contributed by atoms with E-state index in [-0.39, 0.29) is 12.3 Å². The SMILES string of the molecule is O=C(Nc1ccc([N+](=O)[O-])cn1)C(F)(F)C(F)(F)C(F)(F)C(F)(F)C(F)(F)C(F)(F)C(F)(F)Cl. The number of carbonyl (C=O) groups excluding carboxylic acids is 1. The van der Waals surface area contributed by atoms with Gasteiger partial charge in [0.15, 0.2) is 0 Å². The van der Waals surface area contributed by atoms with Crippen LogP contribution in [0.25, 0.3) is 0 Å². The van der Waals surface area contributed by atoms with Crippen LogP contribution in [-0.2, 0) is 4.79 Å². The Bertz CT molecular complexity index is 948. The molecule has 0 aliphatic rings. The third kappa shape index (κ3) is 4.15. The van der Waals surface area contributed by atoms with Crippen molar-refractivity contribution in [3.63, 3.8) is 0 Å². The highest BCUT2D eigenvalue weighted by molar-refractivity contribution is 6.22. The number of carbonyl (C=O) groups is 1. The van der Waals surface area contributed by atoms with Gasteiger partial charge in [0.1, 0.15) is 12.0 Å². The van der Waals surface area contributed by atoms with Crippen molar-refractivity contribution < 1.29 is 71.2 Å². The van der Waals surface area contributed by atoms with Crippen LogP contribution in [0.5, 0.6) is 0 Å². The number of aromatic nitrogens is 1. The maximum Gasteiger partial charge on any atom is 0.393 e. The highest BCUT2D eigenvalue weighted by Crippen LogP contribution is 2.62. The van der Waals surface area contributed by atoms with E-state index in [0.29, 0.717) is 11.4 Å². The van der Waals surface area contributed by atoms with Crippen molar-refractivity contribution in [1.29, 1.82) is 0 Å². The average Bonchev–Trinajstić information content (AvgIpc) is 2.66. The van der Waals surface area contributed by atoms with Crippen LogP contribution in [-0.4, -0.2) is 56.7 Å². The Morgan fingerprint density at radius 1 is 0.794 bits per heavy atom. The number of alkyl halides is 15. The first-order valence-electron chi connectivity index (χ1n) is 7.56. The zero-order valence-corrected chi connectivity index (χ0v) is 15.8. The molecular formula is C13H4ClF14N3O3. The zero-order valence-electron chi connectivity index (χ0n) is 15.0. The molecule has 0 aliphatic carbocycles. The molecule has 0 radical (unpaired) electrons. The molecule has 0 atom stereocenters. The normalized spacial score (nSPS) is 14.7. The predicted octanol–water partition coefficient (Wildman–Crippen LogP) is 5.57. The van der Waals surface area contributed by atoms with Gasteiger partial charge in [0.25, 0.3) is 5.69 Å². The summed E-state index contributed by atoms with van der Waals surface area (Å²) in [6, 6.07) is 0.630. The van der Waals surface area contributed by atoms with Crippen molar-refractivity contribution in [2.75, 3.05) is 5.32 Å². The Kier molecular flexibility index (Phi) is 7.10. The summed E-state index contributed by atoms with van der Waals surface area (Å²) in [7, 11) is 0. The lowest BCUT2D eigenvalue weighted by Gasteiger charge is -2.41. The molecule has 0 aromatic carbocycles. The van der Waals surface area contributed by atoms with Crippen molar-refractivity contribution in [1.82, 2.24) is 4.98 Å². The fourth-order valence-corrected chi connectivity index (χ4v) is 1.99. The summed E-state index contributed by atoms with van der Waals surface area (Å²) in [6.45, 7) is 0. The van der Waals surface area contributed by atoms with Gasteiger partial charge >= 0.3 is 46.8 Å². The minimum atomic E-state index is -8.37. The lowest BCUT2D eigenvalue weighted by molar-refractivity contribution is -0.431. The maximum atomic E-state index is 13.7. The van der Waals surface area contributed by atoms with Gasteiger partial charge in [-0.05, 0) is 17.7 Å². The minimum Gasteiger partial charge on any atom is -0.305 e. The molecule has 1 aromatic heterocycles. The van der Waals surface area contributed by atoms with Gasteiger partial charge in [-0.3, -0.25) is 14.9 Å². The largest absolute Gasteiger partial charge is 0.393 e. The molecule has 0 fully saturated rings. The Morgan fingerprint density at radius 2 is 1.21 bits per heavy atom. The molecule has 0 saturated heterocycles. The van der Waals surface area contributed by atoms with E-state index in [1.807, 2.05) is 0 Å². The molecule has 0 saturated carbocycles. The number of pyridine rings is 1. The molecule has 0 unspecified atom stereocenters. The van der Waals surface area contributed by atoms with Crippen LogP contribution in [0.3, 0.4) is 0 Å². The van der Waals surface area contributed by atoms with Crippen LogP contribution in [0.1, 0.15) is 0 Å². The number of nitrogens with zero attached hydrogens (tertiary/aromatic N) is 2. The molecule has 1 aromatic rings. The van der Waals surface area contributed by atoms with Gasteiger partial charge in [-0.1, -0.05) is 0 Å². The van der Waals surface area contributed by atoms with Gasteiger partial charge in [0, 0.05) is 6.07 Å². The number of halogens is 15. The van der Waals surface area contributed by atoms with Gasteiger partial charge < -0.3 is 5.32 Å². The smallest absolute Gasteiger partial charge is 0.305 e. The monoisotopic (exact) mass is 551 g/mol. The highest BCUT2D eigenvalue weighted by Gasteiger charge is 2.93. The molecule has 21 heteroatoms. The number of hydrogen-bond donors (Lipinski definition) is 1. The summed E-state index contributed by atoms with van der Waals surface area (Å²) in [5.74, 6) is -52.6. The average molecular weight is 552 g/mol. The minimum absolute atomic E-state index is 0.198. The topological polar surface area (TPSA) is 85.1 Å². The molecule has 1 heterocycles. The number of hydrogen-bond acceptors (Lipinski definition) is 4. The molecule has 6 nitrogen and oxygen atoms in total. The van der Waals surface area contributed by atoms with Crippen molar-refractivity contribution in [3.05, 3.63) is 28.4 Å². The van der Waals surface area contributed by atoms with Gasteiger partial charge in [0.05, 0.1) is 4.92 Å². The standard InChI is InChI=1S/C13H4ClF14N3O3/c14-13(27,28)12(25,26)11(23,24)10(21,22)9(19,20)8(17,18)7(15,16)6(32)30-5-2-1-4(3-29-5)31(33)34/h1-3H,(H,29,30,32). The summed E-state index contributed by atoms with van der Waals surface area (Å²) in [4.78, 5) is 23.4. The molecule has 34 heavy (non-hydrogen) atoms. The van der Waals surface area contributed by atoms with Crippen LogP contribution in [0.15, 0.2) is 18.3 Å². The third-order valence-electron chi connectivity index (χ3n) is 3.81. The van der Waals surface area contributed by atoms with Gasteiger partial charge in [-0.2, -0.15) is 61.5 Å². The summed E-state index contributed by atoms with van der Waals surface area (Å²) in [5.41, 5.74) is -0.888. The lowest BCUT2D eigenvalue weighted by atomic mass is 9.91. The fourth-order valence-electron chi connectivity index (χ4n) is 1.87. The Hall–Kier alpha value is -2.67. The highest BCUT2D eigenvalue weighted by atomic mass is 35.5. The first-order chi connectivity index (χ1) is 14.8. The molecular weight excluding hydrogens is 548 g/mol. The van der Waals surface area contributed by atoms with E-state index < -0.39 is 63.3 Å². The van der Waals surface area contributed by atoms with Crippen molar-refractivity contribution in [3.8, 4) is 0 Å². The number of nitrogens with one attached hydrogen (secondary N) is 1. The zero-order chi connectivity index (χ0) is 27.3. The van der Waals surface area contributed by atoms with E-state index in [9.17, 15) is 76.4 Å². The Labute approximate surface area is 181 Å². The van der Waals surface area contributed by atoms with Gasteiger partial charge in [-0.15, -0.1) is 0 Å². The molecule has 0 bridgehead atoms. The van der Waals surface area contributed by atoms with E-state index in [2.05, 4.69) is 16.6 Å². The molecule has 0 spiro atoms. The van der Waals surface area contributed by atoms with Crippen LogP contribution in [0.2, 0.25) is 0 Å². The van der Waals surface area contributed by atoms with Gasteiger partial charge in [0.2, 0.25) is 0 Å². The molecule has 1 amide bonds. The summed E-state index contributed by atoms with van der Waals surface area (Å²) in [6.07, 6.45) is 0.198. The predicted molar refractivity (Wildman–Crippen MR) is 80.0 cm³/mol. The van der Waals surface area contributed by atoms with Crippen LogP contribution >= 0.6 is 11.6 Å². The van der Waals surface area contributed by atoms with E-state index in [0.717, 1.165) is 0 Å². The number of nitro groups is 1. The van der Waals surface area contributed by atoms with Crippen molar-refractivity contribution in [2.24, 2.45) is 0 Å². The maximum absolute atomic E-state index is 13.7. The van der Waals surface area contributed by atoms with Crippen molar-refractivity contribution >= 4 is 29.0 Å². The second-order valence-electron chi connectivity index (χ2n) is 6.06. The number of rotatable bonds is 9. The molecule has 1 rings (SSSR count). The quantitative estimate of drug-likeness (QED) is 0.188. The lowest BCUT2D eigenvalue weighted by Crippen LogP contribution is -2.73. The molecule has 194 valence electrons.